The lowest BCUT2D eigenvalue weighted by Crippen LogP contribution is -2.10. The van der Waals surface area contributed by atoms with Crippen LogP contribution in [0.1, 0.15) is 16.7 Å². The van der Waals surface area contributed by atoms with E-state index in [0.29, 0.717) is 17.6 Å². The number of methoxy groups -OCH3 is 1. The van der Waals surface area contributed by atoms with Crippen molar-refractivity contribution in [2.75, 3.05) is 30.2 Å². The first-order chi connectivity index (χ1) is 18.1. The summed E-state index contributed by atoms with van der Waals surface area (Å²) in [6.45, 7) is 2.24. The van der Waals surface area contributed by atoms with Gasteiger partial charge >= 0.3 is 5.97 Å². The maximum Gasteiger partial charge on any atom is 0.310 e. The second kappa shape index (κ2) is 12.4. The van der Waals surface area contributed by atoms with Gasteiger partial charge in [0.05, 0.1) is 20.6 Å². The number of rotatable bonds is 11. The van der Waals surface area contributed by atoms with Gasteiger partial charge in [0.15, 0.2) is 0 Å². The fraction of sp³-hybridized carbons (Fsp3) is 0.185. The first-order valence-electron chi connectivity index (χ1n) is 11.6. The van der Waals surface area contributed by atoms with Crippen LogP contribution in [0.15, 0.2) is 72.8 Å². The van der Waals surface area contributed by atoms with Gasteiger partial charge in [0, 0.05) is 22.6 Å². The number of anilines is 6. The van der Waals surface area contributed by atoms with Gasteiger partial charge < -0.3 is 20.7 Å². The molecule has 0 radical (unpaired) electrons. The number of hydrogen-bond donors (Lipinski definition) is 3. The molecular weight excluding hydrogens is 472 g/mol. The zero-order valence-electron chi connectivity index (χ0n) is 20.8. The van der Waals surface area contributed by atoms with Crippen LogP contribution >= 0.6 is 0 Å². The molecule has 0 fully saturated rings. The summed E-state index contributed by atoms with van der Waals surface area (Å²) in [4.78, 5) is 35.5. The highest BCUT2D eigenvalue weighted by atomic mass is 17.2. The molecular formula is C27H28N6O4. The van der Waals surface area contributed by atoms with E-state index >= 15 is 0 Å². The molecule has 3 aromatic carbocycles. The highest BCUT2D eigenvalue weighted by Gasteiger charge is 2.13. The van der Waals surface area contributed by atoms with Crippen LogP contribution in [0.5, 0.6) is 0 Å². The average Bonchev–Trinajstić information content (AvgIpc) is 2.90. The van der Waals surface area contributed by atoms with E-state index < -0.39 is 0 Å². The molecule has 0 spiro atoms. The Morgan fingerprint density at radius 3 is 1.76 bits per heavy atom. The van der Waals surface area contributed by atoms with Gasteiger partial charge in [-0.15, -0.1) is 0 Å². The number of carbonyl (C=O) groups excluding carboxylic acids is 1. The summed E-state index contributed by atoms with van der Waals surface area (Å²) in [5.41, 5.74) is 4.95. The van der Waals surface area contributed by atoms with Gasteiger partial charge in [0.2, 0.25) is 17.8 Å². The summed E-state index contributed by atoms with van der Waals surface area (Å²) < 4.78 is 4.83. The number of ether oxygens (including phenoxy) is 1. The number of carbonyl (C=O) groups is 1. The fourth-order valence-electron chi connectivity index (χ4n) is 3.53. The van der Waals surface area contributed by atoms with Gasteiger partial charge in [0.25, 0.3) is 0 Å². The van der Waals surface area contributed by atoms with Crippen LogP contribution in [-0.2, 0) is 32.3 Å². The second-order valence-electron chi connectivity index (χ2n) is 7.99. The third kappa shape index (κ3) is 7.00. The van der Waals surface area contributed by atoms with Crippen LogP contribution in [0.2, 0.25) is 0 Å². The zero-order chi connectivity index (χ0) is 26.0. The lowest BCUT2D eigenvalue weighted by atomic mass is 10.1. The number of aromatic nitrogens is 3. The van der Waals surface area contributed by atoms with Gasteiger partial charge in [-0.05, 0) is 36.2 Å². The first kappa shape index (κ1) is 25.5. The van der Waals surface area contributed by atoms with Crippen molar-refractivity contribution >= 4 is 40.9 Å². The molecule has 0 unspecified atom stereocenters. The molecule has 10 heteroatoms. The van der Waals surface area contributed by atoms with Crippen LogP contribution in [0.25, 0.3) is 0 Å². The van der Waals surface area contributed by atoms with Crippen molar-refractivity contribution in [3.05, 3.63) is 89.5 Å². The van der Waals surface area contributed by atoms with Crippen LogP contribution in [0, 0.1) is 6.92 Å². The number of aryl methyl sites for hydroxylation is 1. The normalized spacial score (nSPS) is 10.6. The Bertz CT molecular complexity index is 1360. The van der Waals surface area contributed by atoms with E-state index in [1.807, 2.05) is 79.7 Å². The highest BCUT2D eigenvalue weighted by molar-refractivity contribution is 5.76. The van der Waals surface area contributed by atoms with E-state index in [4.69, 9.17) is 14.5 Å². The summed E-state index contributed by atoms with van der Waals surface area (Å²) in [7, 11) is 2.82. The molecule has 4 rings (SSSR count). The number of benzene rings is 3. The molecule has 4 aromatic rings. The van der Waals surface area contributed by atoms with Crippen molar-refractivity contribution in [3.63, 3.8) is 0 Å². The quantitative estimate of drug-likeness (QED) is 0.144. The predicted molar refractivity (Wildman–Crippen MR) is 141 cm³/mol. The molecule has 0 amide bonds. The van der Waals surface area contributed by atoms with Crippen LogP contribution in [0.4, 0.5) is 34.9 Å². The van der Waals surface area contributed by atoms with E-state index in [9.17, 15) is 4.79 Å². The topological polar surface area (TPSA) is 120 Å². The minimum atomic E-state index is -0.343. The van der Waals surface area contributed by atoms with Crippen molar-refractivity contribution < 1.29 is 19.3 Å². The van der Waals surface area contributed by atoms with E-state index in [1.54, 1.807) is 0 Å². The van der Waals surface area contributed by atoms with Crippen molar-refractivity contribution in [1.82, 2.24) is 15.0 Å². The number of para-hydroxylation sites is 3. The molecule has 1 heterocycles. The molecule has 10 nitrogen and oxygen atoms in total. The van der Waals surface area contributed by atoms with Crippen LogP contribution < -0.4 is 16.0 Å². The molecule has 0 bridgehead atoms. The number of nitrogens with zero attached hydrogens (tertiary/aromatic N) is 3. The number of nitrogens with one attached hydrogen (secondary N) is 3. The number of esters is 1. The Morgan fingerprint density at radius 1 is 0.703 bits per heavy atom. The largest absolute Gasteiger partial charge is 0.469 e. The summed E-state index contributed by atoms with van der Waals surface area (Å²) in [5, 5.41) is 9.74. The van der Waals surface area contributed by atoms with Gasteiger partial charge in [-0.1, -0.05) is 54.6 Å². The minimum absolute atomic E-state index is 0.108. The fourth-order valence-corrected chi connectivity index (χ4v) is 3.53. The highest BCUT2D eigenvalue weighted by Crippen LogP contribution is 2.25. The van der Waals surface area contributed by atoms with Gasteiger partial charge in [-0.2, -0.15) is 15.0 Å². The van der Waals surface area contributed by atoms with Gasteiger partial charge in [-0.25, -0.2) is 9.78 Å². The Morgan fingerprint density at radius 2 is 1.19 bits per heavy atom. The summed E-state index contributed by atoms with van der Waals surface area (Å²) in [6, 6.07) is 22.9. The van der Waals surface area contributed by atoms with Crippen molar-refractivity contribution in [3.8, 4) is 0 Å². The average molecular weight is 501 g/mol. The molecule has 0 atom stereocenters. The lowest BCUT2D eigenvalue weighted by molar-refractivity contribution is -0.282. The Hall–Kier alpha value is -4.54. The molecule has 0 aliphatic heterocycles. The zero-order valence-corrected chi connectivity index (χ0v) is 20.8. The second-order valence-corrected chi connectivity index (χ2v) is 7.99. The van der Waals surface area contributed by atoms with Crippen LogP contribution in [-0.4, -0.2) is 35.1 Å². The molecule has 0 saturated carbocycles. The summed E-state index contributed by atoms with van der Waals surface area (Å²) in [6.07, 6.45) is 0.108. The van der Waals surface area contributed by atoms with E-state index in [2.05, 4.69) is 30.9 Å². The smallest absolute Gasteiger partial charge is 0.310 e. The molecule has 190 valence electrons. The Labute approximate surface area is 215 Å². The molecule has 1 aromatic heterocycles. The molecule has 3 N–H and O–H groups in total. The molecule has 0 aliphatic carbocycles. The maximum absolute atomic E-state index is 11.9. The maximum atomic E-state index is 11.9. The van der Waals surface area contributed by atoms with Crippen molar-refractivity contribution in [2.45, 2.75) is 20.0 Å². The molecule has 0 saturated heterocycles. The summed E-state index contributed by atoms with van der Waals surface area (Å²) >= 11 is 0. The number of hydrogen-bond acceptors (Lipinski definition) is 10. The molecule has 37 heavy (non-hydrogen) atoms. The van der Waals surface area contributed by atoms with E-state index in [1.165, 1.54) is 14.2 Å². The van der Waals surface area contributed by atoms with Crippen molar-refractivity contribution in [1.29, 1.82) is 0 Å². The Kier molecular flexibility index (Phi) is 8.58. The predicted octanol–water partition coefficient (Wildman–Crippen LogP) is 5.20. The monoisotopic (exact) mass is 500 g/mol. The first-order valence-corrected chi connectivity index (χ1v) is 11.6. The van der Waals surface area contributed by atoms with E-state index in [0.717, 1.165) is 28.1 Å². The van der Waals surface area contributed by atoms with Gasteiger partial charge in [-0.3, -0.25) is 4.79 Å². The SMILES string of the molecule is COOCc1ccccc1Nc1nc(Nc2ccccc2C)nc(Nc2ccccc2CC(=O)OC)n1. The summed E-state index contributed by atoms with van der Waals surface area (Å²) in [5.74, 6) is 0.592. The third-order valence-corrected chi connectivity index (χ3v) is 5.45. The lowest BCUT2D eigenvalue weighted by Gasteiger charge is -2.15. The Balaban J connectivity index is 1.69. The third-order valence-electron chi connectivity index (χ3n) is 5.45. The van der Waals surface area contributed by atoms with Crippen molar-refractivity contribution in [2.24, 2.45) is 0 Å². The standard InChI is InChI=1S/C27H28N6O4/c1-18-10-4-7-13-21(18)28-25-31-26(29-22-14-8-5-11-19(22)16-24(34)35-2)33-27(32-25)30-23-15-9-6-12-20(23)17-37-36-3/h4-15H,16-17H2,1-3H3,(H3,28,29,30,31,32,33). The van der Waals surface area contributed by atoms with Crippen LogP contribution in [0.3, 0.4) is 0 Å². The van der Waals surface area contributed by atoms with E-state index in [-0.39, 0.29) is 24.9 Å². The molecule has 0 aliphatic rings. The minimum Gasteiger partial charge on any atom is -0.469 e. The van der Waals surface area contributed by atoms with Gasteiger partial charge in [0.1, 0.15) is 6.61 Å².